The van der Waals surface area contributed by atoms with Crippen LogP contribution in [0.2, 0.25) is 0 Å². The van der Waals surface area contributed by atoms with Crippen LogP contribution in [0.15, 0.2) is 16.3 Å². The van der Waals surface area contributed by atoms with E-state index in [1.165, 1.54) is 11.3 Å². The van der Waals surface area contributed by atoms with Crippen LogP contribution in [0, 0.1) is 5.92 Å². The largest absolute Gasteiger partial charge is 0.396 e. The van der Waals surface area contributed by atoms with Gasteiger partial charge < -0.3 is 5.11 Å². The standard InChI is InChI=1S/C10H15NO3S2/c1-7-6-9(7)11-16(13,14)10-3-2-8(15-10)4-5-12/h2-3,7,9,11-12H,4-6H2,1H3. The number of nitrogens with one attached hydrogen (secondary N) is 1. The molecule has 0 spiro atoms. The second-order valence-electron chi connectivity index (χ2n) is 4.14. The first-order valence-electron chi connectivity index (χ1n) is 5.25. The summed E-state index contributed by atoms with van der Waals surface area (Å²) in [6.45, 7) is 2.08. The highest BCUT2D eigenvalue weighted by Gasteiger charge is 2.36. The summed E-state index contributed by atoms with van der Waals surface area (Å²) in [5.41, 5.74) is 0. The minimum atomic E-state index is -3.34. The van der Waals surface area contributed by atoms with Crippen LogP contribution >= 0.6 is 11.3 Å². The molecular formula is C10H15NO3S2. The average molecular weight is 261 g/mol. The maximum absolute atomic E-state index is 11.9. The van der Waals surface area contributed by atoms with Gasteiger partial charge in [0, 0.05) is 23.9 Å². The van der Waals surface area contributed by atoms with E-state index in [4.69, 9.17) is 5.11 Å². The third-order valence-corrected chi connectivity index (χ3v) is 5.80. The molecular weight excluding hydrogens is 246 g/mol. The molecule has 0 amide bonds. The Morgan fingerprint density at radius 1 is 1.56 bits per heavy atom. The van der Waals surface area contributed by atoms with Crippen molar-refractivity contribution in [2.24, 2.45) is 5.92 Å². The SMILES string of the molecule is CC1CC1NS(=O)(=O)c1ccc(CCO)s1. The van der Waals surface area contributed by atoms with E-state index < -0.39 is 10.0 Å². The Morgan fingerprint density at radius 2 is 2.25 bits per heavy atom. The van der Waals surface area contributed by atoms with Crippen molar-refractivity contribution >= 4 is 21.4 Å². The van der Waals surface area contributed by atoms with Crippen molar-refractivity contribution in [3.8, 4) is 0 Å². The van der Waals surface area contributed by atoms with Gasteiger partial charge in [-0.25, -0.2) is 13.1 Å². The fourth-order valence-electron chi connectivity index (χ4n) is 1.49. The summed E-state index contributed by atoms with van der Waals surface area (Å²) >= 11 is 1.22. The summed E-state index contributed by atoms with van der Waals surface area (Å²) in [7, 11) is -3.34. The normalized spacial score (nSPS) is 24.6. The van der Waals surface area contributed by atoms with Crippen LogP contribution in [-0.4, -0.2) is 26.2 Å². The van der Waals surface area contributed by atoms with Gasteiger partial charge in [0.05, 0.1) is 0 Å². The van der Waals surface area contributed by atoms with E-state index in [0.717, 1.165) is 11.3 Å². The van der Waals surface area contributed by atoms with Gasteiger partial charge in [-0.3, -0.25) is 0 Å². The summed E-state index contributed by atoms with van der Waals surface area (Å²) in [5, 5.41) is 8.76. The van der Waals surface area contributed by atoms with Gasteiger partial charge in [0.15, 0.2) is 0 Å². The molecule has 1 aliphatic carbocycles. The van der Waals surface area contributed by atoms with E-state index >= 15 is 0 Å². The molecule has 1 saturated carbocycles. The summed E-state index contributed by atoms with van der Waals surface area (Å²) in [5.74, 6) is 0.451. The van der Waals surface area contributed by atoms with Crippen LogP contribution in [0.25, 0.3) is 0 Å². The molecule has 2 unspecified atom stereocenters. The molecule has 1 aromatic rings. The Kier molecular flexibility index (Phi) is 3.34. The second-order valence-corrected chi connectivity index (χ2v) is 7.24. The van der Waals surface area contributed by atoms with Crippen molar-refractivity contribution in [2.75, 3.05) is 6.61 Å². The summed E-state index contributed by atoms with van der Waals surface area (Å²) in [6.07, 6.45) is 1.44. The van der Waals surface area contributed by atoms with E-state index in [2.05, 4.69) is 4.72 Å². The predicted molar refractivity (Wildman–Crippen MR) is 63.0 cm³/mol. The van der Waals surface area contributed by atoms with Crippen molar-refractivity contribution in [3.63, 3.8) is 0 Å². The number of aliphatic hydroxyl groups is 1. The van der Waals surface area contributed by atoms with E-state index in [0.29, 0.717) is 16.5 Å². The van der Waals surface area contributed by atoms with Crippen molar-refractivity contribution in [2.45, 2.75) is 30.0 Å². The molecule has 0 aliphatic heterocycles. The number of aliphatic hydroxyl groups excluding tert-OH is 1. The summed E-state index contributed by atoms with van der Waals surface area (Å²) in [4.78, 5) is 0.895. The van der Waals surface area contributed by atoms with Crippen LogP contribution in [0.1, 0.15) is 18.2 Å². The molecule has 1 aliphatic rings. The van der Waals surface area contributed by atoms with Gasteiger partial charge >= 0.3 is 0 Å². The number of thiophene rings is 1. The maximum Gasteiger partial charge on any atom is 0.250 e. The predicted octanol–water partition coefficient (Wildman–Crippen LogP) is 0.970. The summed E-state index contributed by atoms with van der Waals surface area (Å²) < 4.78 is 26.8. The van der Waals surface area contributed by atoms with Crippen molar-refractivity contribution < 1.29 is 13.5 Å². The van der Waals surface area contributed by atoms with Crippen LogP contribution in [0.3, 0.4) is 0 Å². The lowest BCUT2D eigenvalue weighted by atomic mass is 10.4. The molecule has 4 nitrogen and oxygen atoms in total. The van der Waals surface area contributed by atoms with Gasteiger partial charge in [-0.05, 0) is 24.5 Å². The fraction of sp³-hybridized carbons (Fsp3) is 0.600. The molecule has 2 atom stereocenters. The smallest absolute Gasteiger partial charge is 0.250 e. The lowest BCUT2D eigenvalue weighted by Gasteiger charge is -2.02. The molecule has 0 aromatic carbocycles. The van der Waals surface area contributed by atoms with E-state index in [-0.39, 0.29) is 12.6 Å². The van der Waals surface area contributed by atoms with Crippen LogP contribution in [-0.2, 0) is 16.4 Å². The highest BCUT2D eigenvalue weighted by Crippen LogP contribution is 2.31. The lowest BCUT2D eigenvalue weighted by molar-refractivity contribution is 0.300. The third kappa shape index (κ3) is 2.63. The molecule has 90 valence electrons. The molecule has 1 fully saturated rings. The Balaban J connectivity index is 2.09. The van der Waals surface area contributed by atoms with E-state index in [9.17, 15) is 8.42 Å². The Bertz CT molecular complexity index is 466. The zero-order valence-electron chi connectivity index (χ0n) is 9.01. The quantitative estimate of drug-likeness (QED) is 0.830. The molecule has 16 heavy (non-hydrogen) atoms. The highest BCUT2D eigenvalue weighted by atomic mass is 32.2. The summed E-state index contributed by atoms with van der Waals surface area (Å²) in [6, 6.07) is 3.46. The monoisotopic (exact) mass is 261 g/mol. The van der Waals surface area contributed by atoms with Gasteiger partial charge in [-0.2, -0.15) is 0 Å². The minimum Gasteiger partial charge on any atom is -0.396 e. The average Bonchev–Trinajstić information content (AvgIpc) is 2.71. The zero-order valence-corrected chi connectivity index (χ0v) is 10.6. The fourth-order valence-corrected chi connectivity index (χ4v) is 4.21. The van der Waals surface area contributed by atoms with Crippen LogP contribution in [0.4, 0.5) is 0 Å². The molecule has 2 rings (SSSR count). The molecule has 0 bridgehead atoms. The highest BCUT2D eigenvalue weighted by molar-refractivity contribution is 7.91. The first kappa shape index (κ1) is 12.0. The van der Waals surface area contributed by atoms with Crippen molar-refractivity contribution in [1.29, 1.82) is 0 Å². The number of sulfonamides is 1. The number of hydrogen-bond acceptors (Lipinski definition) is 4. The Morgan fingerprint density at radius 3 is 2.81 bits per heavy atom. The van der Waals surface area contributed by atoms with Crippen molar-refractivity contribution in [3.05, 3.63) is 17.0 Å². The topological polar surface area (TPSA) is 66.4 Å². The Hall–Kier alpha value is -0.430. The molecule has 1 heterocycles. The molecule has 6 heteroatoms. The van der Waals surface area contributed by atoms with Gasteiger partial charge in [-0.1, -0.05) is 6.92 Å². The number of hydrogen-bond donors (Lipinski definition) is 2. The number of rotatable bonds is 5. The van der Waals surface area contributed by atoms with E-state index in [1.807, 2.05) is 6.92 Å². The van der Waals surface area contributed by atoms with Gasteiger partial charge in [-0.15, -0.1) is 11.3 Å². The van der Waals surface area contributed by atoms with E-state index in [1.54, 1.807) is 12.1 Å². The minimum absolute atomic E-state index is 0.0487. The van der Waals surface area contributed by atoms with Gasteiger partial charge in [0.2, 0.25) is 10.0 Å². The first-order valence-corrected chi connectivity index (χ1v) is 7.55. The van der Waals surface area contributed by atoms with Gasteiger partial charge in [0.1, 0.15) is 4.21 Å². The van der Waals surface area contributed by atoms with Crippen LogP contribution in [0.5, 0.6) is 0 Å². The maximum atomic E-state index is 11.9. The molecule has 2 N–H and O–H groups in total. The van der Waals surface area contributed by atoms with Gasteiger partial charge in [0.25, 0.3) is 0 Å². The molecule has 0 saturated heterocycles. The lowest BCUT2D eigenvalue weighted by Crippen LogP contribution is -2.26. The Labute approximate surface area is 99.4 Å². The first-order chi connectivity index (χ1) is 7.53. The third-order valence-electron chi connectivity index (χ3n) is 2.68. The van der Waals surface area contributed by atoms with Crippen LogP contribution < -0.4 is 4.72 Å². The zero-order chi connectivity index (χ0) is 11.8. The van der Waals surface area contributed by atoms with Crippen molar-refractivity contribution in [1.82, 2.24) is 4.72 Å². The second kappa shape index (κ2) is 4.44. The molecule has 1 aromatic heterocycles. The molecule has 0 radical (unpaired) electrons.